The molecule has 1 aromatic rings. The van der Waals surface area contributed by atoms with Gasteiger partial charge in [0.1, 0.15) is 0 Å². The molecule has 0 aliphatic carbocycles. The highest BCUT2D eigenvalue weighted by Crippen LogP contribution is 2.23. The fourth-order valence-electron chi connectivity index (χ4n) is 1.61. The summed E-state index contributed by atoms with van der Waals surface area (Å²) in [5, 5.41) is 3.27. The summed E-state index contributed by atoms with van der Waals surface area (Å²) in [5.41, 5.74) is 8.50. The molecule has 19 heavy (non-hydrogen) atoms. The summed E-state index contributed by atoms with van der Waals surface area (Å²) in [5.74, 6) is 1.50. The minimum Gasteiger partial charge on any atom is -0.465 e. The van der Waals surface area contributed by atoms with Crippen LogP contribution in [0.15, 0.2) is 24.8 Å². The summed E-state index contributed by atoms with van der Waals surface area (Å²) in [4.78, 5) is 11.6. The Hall–Kier alpha value is -1.62. The predicted octanol–water partition coefficient (Wildman–Crippen LogP) is 2.69. The van der Waals surface area contributed by atoms with Gasteiger partial charge in [-0.15, -0.1) is 6.58 Å². The van der Waals surface area contributed by atoms with Crippen LogP contribution >= 0.6 is 11.8 Å². The summed E-state index contributed by atoms with van der Waals surface area (Å²) in [6, 6.07) is 3.66. The van der Waals surface area contributed by atoms with Crippen LogP contribution < -0.4 is 11.1 Å². The van der Waals surface area contributed by atoms with Gasteiger partial charge in [0, 0.05) is 29.4 Å². The summed E-state index contributed by atoms with van der Waals surface area (Å²) in [6.07, 6.45) is 1.88. The molecular weight excluding hydrogens is 260 g/mol. The Kier molecular flexibility index (Phi) is 6.29. The lowest BCUT2D eigenvalue weighted by molar-refractivity contribution is 0.0602. The van der Waals surface area contributed by atoms with Crippen LogP contribution in [0.3, 0.4) is 0 Å². The molecule has 0 amide bonds. The van der Waals surface area contributed by atoms with Crippen LogP contribution in [-0.2, 0) is 4.74 Å². The smallest absolute Gasteiger partial charge is 0.340 e. The van der Waals surface area contributed by atoms with Crippen molar-refractivity contribution in [1.29, 1.82) is 0 Å². The molecule has 0 spiro atoms. The number of benzene rings is 1. The number of aryl methyl sites for hydroxylation is 1. The average molecular weight is 280 g/mol. The normalized spacial score (nSPS) is 10.0. The van der Waals surface area contributed by atoms with Gasteiger partial charge in [0.25, 0.3) is 0 Å². The van der Waals surface area contributed by atoms with Crippen molar-refractivity contribution in [2.45, 2.75) is 6.92 Å². The van der Waals surface area contributed by atoms with E-state index >= 15 is 0 Å². The Bertz CT molecular complexity index is 461. The van der Waals surface area contributed by atoms with Gasteiger partial charge in [-0.2, -0.15) is 11.8 Å². The third-order valence-electron chi connectivity index (χ3n) is 2.60. The second kappa shape index (κ2) is 7.74. The number of ether oxygens (including phenoxy) is 1. The molecule has 0 heterocycles. The number of thioether (sulfide) groups is 1. The zero-order valence-electron chi connectivity index (χ0n) is 11.4. The van der Waals surface area contributed by atoms with E-state index in [-0.39, 0.29) is 0 Å². The van der Waals surface area contributed by atoms with E-state index in [1.165, 1.54) is 7.11 Å². The van der Waals surface area contributed by atoms with Gasteiger partial charge in [0.2, 0.25) is 0 Å². The average Bonchev–Trinajstić information content (AvgIpc) is 2.41. The van der Waals surface area contributed by atoms with Gasteiger partial charge in [0.05, 0.1) is 12.7 Å². The Morgan fingerprint density at radius 3 is 2.95 bits per heavy atom. The Morgan fingerprint density at radius 2 is 2.32 bits per heavy atom. The molecule has 0 radical (unpaired) electrons. The quantitative estimate of drug-likeness (QED) is 0.348. The number of nitrogen functional groups attached to an aromatic ring is 1. The number of anilines is 2. The van der Waals surface area contributed by atoms with Crippen LogP contribution in [0.4, 0.5) is 11.4 Å². The highest BCUT2D eigenvalue weighted by Gasteiger charge is 2.13. The highest BCUT2D eigenvalue weighted by atomic mass is 32.2. The molecule has 1 rings (SSSR count). The standard InChI is InChI=1S/C14H20N2O2S/c1-4-6-19-7-5-16-11-8-10(2)13(15)12(9-11)14(17)18-3/h4,8-9,16H,1,5-7,15H2,2-3H3. The highest BCUT2D eigenvalue weighted by molar-refractivity contribution is 7.99. The number of methoxy groups -OCH3 is 1. The van der Waals surface area contributed by atoms with Gasteiger partial charge in [-0.25, -0.2) is 4.79 Å². The molecule has 0 saturated carbocycles. The van der Waals surface area contributed by atoms with E-state index in [0.29, 0.717) is 11.3 Å². The predicted molar refractivity (Wildman–Crippen MR) is 82.9 cm³/mol. The van der Waals surface area contributed by atoms with Crippen LogP contribution in [0.2, 0.25) is 0 Å². The molecule has 0 aromatic heterocycles. The maximum Gasteiger partial charge on any atom is 0.340 e. The third kappa shape index (κ3) is 4.52. The second-order valence-corrected chi connectivity index (χ2v) is 5.19. The van der Waals surface area contributed by atoms with Gasteiger partial charge >= 0.3 is 5.97 Å². The van der Waals surface area contributed by atoms with Crippen molar-refractivity contribution >= 4 is 29.1 Å². The lowest BCUT2D eigenvalue weighted by Crippen LogP contribution is -2.10. The summed E-state index contributed by atoms with van der Waals surface area (Å²) in [6.45, 7) is 6.37. The van der Waals surface area contributed by atoms with Gasteiger partial charge in [-0.3, -0.25) is 0 Å². The molecule has 0 aliphatic heterocycles. The number of hydrogen-bond acceptors (Lipinski definition) is 5. The Balaban J connectivity index is 2.71. The molecule has 0 unspecified atom stereocenters. The minimum atomic E-state index is -0.412. The molecule has 4 nitrogen and oxygen atoms in total. The first-order chi connectivity index (χ1) is 9.10. The van der Waals surface area contributed by atoms with E-state index in [1.54, 1.807) is 17.8 Å². The lowest BCUT2D eigenvalue weighted by Gasteiger charge is -2.12. The fourth-order valence-corrected chi connectivity index (χ4v) is 2.19. The zero-order chi connectivity index (χ0) is 14.3. The van der Waals surface area contributed by atoms with Gasteiger partial charge in [-0.05, 0) is 24.6 Å². The summed E-state index contributed by atoms with van der Waals surface area (Å²) < 4.78 is 4.72. The van der Waals surface area contributed by atoms with Crippen molar-refractivity contribution in [1.82, 2.24) is 0 Å². The molecule has 104 valence electrons. The molecule has 0 bridgehead atoms. The molecule has 0 atom stereocenters. The van der Waals surface area contributed by atoms with Crippen LogP contribution in [-0.4, -0.2) is 31.1 Å². The molecule has 3 N–H and O–H groups in total. The molecular formula is C14H20N2O2S. The molecule has 0 fully saturated rings. The number of hydrogen-bond donors (Lipinski definition) is 2. The van der Waals surface area contributed by atoms with Crippen molar-refractivity contribution in [3.05, 3.63) is 35.9 Å². The first-order valence-electron chi connectivity index (χ1n) is 6.01. The molecule has 0 saturated heterocycles. The Labute approximate surface area is 118 Å². The first kappa shape index (κ1) is 15.4. The van der Waals surface area contributed by atoms with Gasteiger partial charge in [-0.1, -0.05) is 6.08 Å². The minimum absolute atomic E-state index is 0.406. The number of rotatable bonds is 7. The van der Waals surface area contributed by atoms with Crippen molar-refractivity contribution < 1.29 is 9.53 Å². The third-order valence-corrected chi connectivity index (χ3v) is 3.57. The zero-order valence-corrected chi connectivity index (χ0v) is 12.2. The SMILES string of the molecule is C=CCSCCNc1cc(C)c(N)c(C(=O)OC)c1. The van der Waals surface area contributed by atoms with E-state index in [4.69, 9.17) is 10.5 Å². The Morgan fingerprint density at radius 1 is 1.58 bits per heavy atom. The van der Waals surface area contributed by atoms with E-state index in [9.17, 15) is 4.79 Å². The van der Waals surface area contributed by atoms with Crippen LogP contribution in [0.1, 0.15) is 15.9 Å². The lowest BCUT2D eigenvalue weighted by atomic mass is 10.1. The number of esters is 1. The first-order valence-corrected chi connectivity index (χ1v) is 7.16. The van der Waals surface area contributed by atoms with Crippen molar-refractivity contribution in [3.63, 3.8) is 0 Å². The summed E-state index contributed by atoms with van der Waals surface area (Å²) >= 11 is 1.80. The molecule has 0 aliphatic rings. The van der Waals surface area contributed by atoms with Gasteiger partial charge in [0.15, 0.2) is 0 Å². The molecule has 5 heteroatoms. The van der Waals surface area contributed by atoms with E-state index < -0.39 is 5.97 Å². The van der Waals surface area contributed by atoms with Crippen LogP contribution in [0, 0.1) is 6.92 Å². The monoisotopic (exact) mass is 280 g/mol. The van der Waals surface area contributed by atoms with Crippen molar-refractivity contribution in [2.75, 3.05) is 36.2 Å². The number of nitrogens with two attached hydrogens (primary N) is 1. The van der Waals surface area contributed by atoms with Crippen LogP contribution in [0.5, 0.6) is 0 Å². The van der Waals surface area contributed by atoms with Crippen molar-refractivity contribution in [2.24, 2.45) is 0 Å². The largest absolute Gasteiger partial charge is 0.465 e. The second-order valence-electron chi connectivity index (χ2n) is 4.04. The van der Waals surface area contributed by atoms with E-state index in [2.05, 4.69) is 11.9 Å². The maximum atomic E-state index is 11.6. The fraction of sp³-hybridized carbons (Fsp3) is 0.357. The number of carbonyl (C=O) groups excluding carboxylic acids is 1. The number of carbonyl (C=O) groups is 1. The number of nitrogens with one attached hydrogen (secondary N) is 1. The maximum absolute atomic E-state index is 11.6. The molecule has 1 aromatic carbocycles. The topological polar surface area (TPSA) is 64.3 Å². The van der Waals surface area contributed by atoms with Crippen LogP contribution in [0.25, 0.3) is 0 Å². The van der Waals surface area contributed by atoms with Gasteiger partial charge < -0.3 is 15.8 Å². The van der Waals surface area contributed by atoms with E-state index in [1.807, 2.05) is 19.1 Å². The summed E-state index contributed by atoms with van der Waals surface area (Å²) in [7, 11) is 1.35. The van der Waals surface area contributed by atoms with Crippen molar-refractivity contribution in [3.8, 4) is 0 Å². The van der Waals surface area contributed by atoms with E-state index in [0.717, 1.165) is 29.3 Å².